The molecule has 3 rings (SSSR count). The molecule has 10 heteroatoms. The second-order valence-electron chi connectivity index (χ2n) is 5.91. The number of rotatable bonds is 4. The van der Waals surface area contributed by atoms with Crippen LogP contribution in [0.4, 0.5) is 13.2 Å². The molecule has 1 aliphatic rings. The second kappa shape index (κ2) is 6.96. The quantitative estimate of drug-likeness (QED) is 0.896. The number of hydrogen-bond donors (Lipinski definition) is 1. The van der Waals surface area contributed by atoms with E-state index in [1.165, 1.54) is 12.3 Å². The summed E-state index contributed by atoms with van der Waals surface area (Å²) in [7, 11) is 1.98. The summed E-state index contributed by atoms with van der Waals surface area (Å²) < 4.78 is 47.8. The van der Waals surface area contributed by atoms with Gasteiger partial charge in [-0.25, -0.2) is 0 Å². The van der Waals surface area contributed by atoms with Gasteiger partial charge in [0.1, 0.15) is 0 Å². The summed E-state index contributed by atoms with van der Waals surface area (Å²) in [6.45, 7) is 2.19. The molecule has 0 amide bonds. The SMILES string of the molecule is CN1CCOC(CCc2c(-c3noc(C(F)(F)F)n3)cc[nH]c2=O)C1. The van der Waals surface area contributed by atoms with Crippen LogP contribution in [-0.4, -0.2) is 52.9 Å². The molecule has 136 valence electrons. The Labute approximate surface area is 140 Å². The van der Waals surface area contributed by atoms with Crippen LogP contribution in [0.1, 0.15) is 17.9 Å². The molecule has 0 spiro atoms. The molecule has 2 aromatic rings. The molecule has 0 saturated carbocycles. The highest BCUT2D eigenvalue weighted by Gasteiger charge is 2.38. The summed E-state index contributed by atoms with van der Waals surface area (Å²) in [4.78, 5) is 20.2. The summed E-state index contributed by atoms with van der Waals surface area (Å²) in [6, 6.07) is 1.47. The first-order valence-electron chi connectivity index (χ1n) is 7.76. The molecule has 0 bridgehead atoms. The fourth-order valence-corrected chi connectivity index (χ4v) is 2.76. The van der Waals surface area contributed by atoms with Crippen molar-refractivity contribution in [3.8, 4) is 11.4 Å². The maximum Gasteiger partial charge on any atom is 0.471 e. The molecule has 1 atom stereocenters. The van der Waals surface area contributed by atoms with Crippen LogP contribution in [0.2, 0.25) is 0 Å². The number of halogens is 3. The van der Waals surface area contributed by atoms with E-state index in [1.54, 1.807) is 0 Å². The van der Waals surface area contributed by atoms with E-state index in [4.69, 9.17) is 4.74 Å². The van der Waals surface area contributed by atoms with E-state index >= 15 is 0 Å². The minimum absolute atomic E-state index is 0.0396. The molecular weight excluding hydrogens is 341 g/mol. The molecule has 1 N–H and O–H groups in total. The van der Waals surface area contributed by atoms with Gasteiger partial charge in [-0.1, -0.05) is 5.16 Å². The third kappa shape index (κ3) is 4.07. The van der Waals surface area contributed by atoms with Crippen LogP contribution in [-0.2, 0) is 17.3 Å². The lowest BCUT2D eigenvalue weighted by atomic mass is 10.0. The number of H-pyrrole nitrogens is 1. The first-order chi connectivity index (χ1) is 11.8. The van der Waals surface area contributed by atoms with Crippen molar-refractivity contribution in [3.05, 3.63) is 34.1 Å². The highest BCUT2D eigenvalue weighted by Crippen LogP contribution is 2.30. The van der Waals surface area contributed by atoms with Crippen molar-refractivity contribution in [2.24, 2.45) is 0 Å². The first kappa shape index (κ1) is 17.6. The predicted octanol–water partition coefficient (Wildman–Crippen LogP) is 1.71. The third-order valence-corrected chi connectivity index (χ3v) is 4.03. The Kier molecular flexibility index (Phi) is 4.91. The number of hydrogen-bond acceptors (Lipinski definition) is 6. The normalized spacial score (nSPS) is 19.3. The zero-order valence-corrected chi connectivity index (χ0v) is 13.5. The van der Waals surface area contributed by atoms with Gasteiger partial charge in [0, 0.05) is 30.4 Å². The molecule has 2 aromatic heterocycles. The van der Waals surface area contributed by atoms with E-state index < -0.39 is 12.1 Å². The first-order valence-corrected chi connectivity index (χ1v) is 7.76. The highest BCUT2D eigenvalue weighted by molar-refractivity contribution is 5.58. The lowest BCUT2D eigenvalue weighted by molar-refractivity contribution is -0.159. The fourth-order valence-electron chi connectivity index (χ4n) is 2.76. The number of nitrogens with zero attached hydrogens (tertiary/aromatic N) is 3. The van der Waals surface area contributed by atoms with Crippen molar-refractivity contribution in [2.75, 3.05) is 26.7 Å². The van der Waals surface area contributed by atoms with Gasteiger partial charge in [-0.3, -0.25) is 4.79 Å². The summed E-state index contributed by atoms with van der Waals surface area (Å²) in [5.41, 5.74) is 0.154. The summed E-state index contributed by atoms with van der Waals surface area (Å²) >= 11 is 0. The molecule has 7 nitrogen and oxygen atoms in total. The Morgan fingerprint density at radius 1 is 1.44 bits per heavy atom. The van der Waals surface area contributed by atoms with Crippen molar-refractivity contribution in [2.45, 2.75) is 25.1 Å². The maximum absolute atomic E-state index is 12.6. The summed E-state index contributed by atoms with van der Waals surface area (Å²) in [5.74, 6) is -1.69. The van der Waals surface area contributed by atoms with Crippen molar-refractivity contribution >= 4 is 0 Å². The van der Waals surface area contributed by atoms with E-state index in [1.807, 2.05) is 7.05 Å². The fraction of sp³-hybridized carbons (Fsp3) is 0.533. The molecule has 0 aliphatic carbocycles. The van der Waals surface area contributed by atoms with Crippen molar-refractivity contribution in [3.63, 3.8) is 0 Å². The molecule has 3 heterocycles. The van der Waals surface area contributed by atoms with Gasteiger partial charge < -0.3 is 19.1 Å². The topological polar surface area (TPSA) is 84.2 Å². The largest absolute Gasteiger partial charge is 0.471 e. The van der Waals surface area contributed by atoms with E-state index in [0.29, 0.717) is 25.0 Å². The van der Waals surface area contributed by atoms with Crippen LogP contribution >= 0.6 is 0 Å². The number of alkyl halides is 3. The number of pyridine rings is 1. The Morgan fingerprint density at radius 3 is 2.92 bits per heavy atom. The van der Waals surface area contributed by atoms with Gasteiger partial charge in [0.05, 0.1) is 12.7 Å². The van der Waals surface area contributed by atoms with Gasteiger partial charge in [0.2, 0.25) is 5.82 Å². The van der Waals surface area contributed by atoms with Crippen molar-refractivity contribution < 1.29 is 22.4 Å². The Morgan fingerprint density at radius 2 is 2.24 bits per heavy atom. The lowest BCUT2D eigenvalue weighted by Gasteiger charge is -2.30. The number of aromatic nitrogens is 3. The van der Waals surface area contributed by atoms with E-state index in [9.17, 15) is 18.0 Å². The average Bonchev–Trinajstić information content (AvgIpc) is 3.03. The molecule has 1 saturated heterocycles. The van der Waals surface area contributed by atoms with E-state index in [0.717, 1.165) is 13.1 Å². The minimum Gasteiger partial charge on any atom is -0.376 e. The number of ether oxygens (including phenoxy) is 1. The maximum atomic E-state index is 12.6. The predicted molar refractivity (Wildman–Crippen MR) is 80.9 cm³/mol. The van der Waals surface area contributed by atoms with Crippen LogP contribution in [0.3, 0.4) is 0 Å². The average molecular weight is 358 g/mol. The van der Waals surface area contributed by atoms with Crippen LogP contribution in [0, 0.1) is 0 Å². The third-order valence-electron chi connectivity index (χ3n) is 4.03. The van der Waals surface area contributed by atoms with Gasteiger partial charge in [0.15, 0.2) is 0 Å². The lowest BCUT2D eigenvalue weighted by Crippen LogP contribution is -2.40. The van der Waals surface area contributed by atoms with Gasteiger partial charge in [-0.15, -0.1) is 0 Å². The number of aromatic amines is 1. The zero-order valence-electron chi connectivity index (χ0n) is 13.5. The molecule has 1 fully saturated rings. The van der Waals surface area contributed by atoms with Gasteiger partial charge in [0.25, 0.3) is 5.56 Å². The Hall–Kier alpha value is -2.20. The highest BCUT2D eigenvalue weighted by atomic mass is 19.4. The molecule has 0 aromatic carbocycles. The van der Waals surface area contributed by atoms with Crippen molar-refractivity contribution in [1.29, 1.82) is 0 Å². The van der Waals surface area contributed by atoms with Crippen LogP contribution in [0.25, 0.3) is 11.4 Å². The van der Waals surface area contributed by atoms with Crippen LogP contribution < -0.4 is 5.56 Å². The van der Waals surface area contributed by atoms with Crippen LogP contribution in [0.5, 0.6) is 0 Å². The van der Waals surface area contributed by atoms with E-state index in [2.05, 4.69) is 24.5 Å². The zero-order chi connectivity index (χ0) is 18.0. The summed E-state index contributed by atoms with van der Waals surface area (Å²) in [5, 5.41) is 3.36. The molecule has 0 radical (unpaired) electrons. The monoisotopic (exact) mass is 358 g/mol. The Bertz CT molecular complexity index is 787. The molecule has 1 aliphatic heterocycles. The minimum atomic E-state index is -4.73. The molecule has 1 unspecified atom stereocenters. The molecule has 25 heavy (non-hydrogen) atoms. The van der Waals surface area contributed by atoms with Gasteiger partial charge in [-0.2, -0.15) is 18.2 Å². The van der Waals surface area contributed by atoms with E-state index in [-0.39, 0.29) is 23.1 Å². The standard InChI is InChI=1S/C15H17F3N4O3/c1-22-6-7-24-9(8-22)2-3-11-10(4-5-19-13(11)23)12-20-14(25-21-12)15(16,17)18/h4-5,9H,2-3,6-8H2,1H3,(H,19,23). The second-order valence-corrected chi connectivity index (χ2v) is 5.91. The molecular formula is C15H17F3N4O3. The summed E-state index contributed by atoms with van der Waals surface area (Å²) in [6.07, 6.45) is -2.53. The Balaban J connectivity index is 1.82. The number of likely N-dealkylation sites (N-methyl/N-ethyl adjacent to an activating group) is 1. The number of morpholine rings is 1. The smallest absolute Gasteiger partial charge is 0.376 e. The van der Waals surface area contributed by atoms with Gasteiger partial charge in [-0.05, 0) is 26.0 Å². The van der Waals surface area contributed by atoms with Gasteiger partial charge >= 0.3 is 12.1 Å². The van der Waals surface area contributed by atoms with Crippen molar-refractivity contribution in [1.82, 2.24) is 20.0 Å². The van der Waals surface area contributed by atoms with Crippen LogP contribution in [0.15, 0.2) is 21.6 Å². The number of nitrogens with one attached hydrogen (secondary N) is 1.